The molecule has 1 fully saturated rings. The third-order valence-corrected chi connectivity index (χ3v) is 4.89. The molecule has 3 rings (SSSR count). The number of carbonyl (C=O) groups is 3. The average Bonchev–Trinajstić information content (AvgIpc) is 2.95. The van der Waals surface area contributed by atoms with Crippen molar-refractivity contribution in [2.24, 2.45) is 0 Å². The minimum atomic E-state index is -1.06. The molecule has 9 heteroatoms. The van der Waals surface area contributed by atoms with Crippen LogP contribution in [0, 0.1) is 0 Å². The van der Waals surface area contributed by atoms with E-state index < -0.39 is 24.4 Å². The van der Waals surface area contributed by atoms with Crippen LogP contribution < -0.4 is 10.2 Å². The lowest BCUT2D eigenvalue weighted by Gasteiger charge is -2.15. The lowest BCUT2D eigenvalue weighted by Crippen LogP contribution is -2.44. The number of nitrogens with zero attached hydrogens (tertiary/aromatic N) is 1. The van der Waals surface area contributed by atoms with Gasteiger partial charge < -0.3 is 9.84 Å². The van der Waals surface area contributed by atoms with E-state index in [-0.39, 0.29) is 4.32 Å². The quantitative estimate of drug-likeness (QED) is 0.554. The minimum Gasteiger partial charge on any atom is -0.482 e. The molecule has 1 saturated heterocycles. The van der Waals surface area contributed by atoms with Gasteiger partial charge in [-0.25, -0.2) is 4.79 Å². The number of aliphatic carboxylic acids is 1. The van der Waals surface area contributed by atoms with E-state index in [1.54, 1.807) is 60.7 Å². The average molecular weight is 414 g/mol. The first-order chi connectivity index (χ1) is 13.4. The Morgan fingerprint density at radius 1 is 1.14 bits per heavy atom. The van der Waals surface area contributed by atoms with E-state index in [2.05, 4.69) is 5.43 Å². The molecule has 1 aliphatic rings. The summed E-state index contributed by atoms with van der Waals surface area (Å²) in [6.07, 6.45) is 1.63. The number of ether oxygens (including phenoxy) is 1. The van der Waals surface area contributed by atoms with E-state index in [1.807, 2.05) is 0 Å². The summed E-state index contributed by atoms with van der Waals surface area (Å²) in [6.45, 7) is -0.431. The number of carbonyl (C=O) groups excluding carboxylic acids is 2. The van der Waals surface area contributed by atoms with E-state index in [1.165, 1.54) is 0 Å². The summed E-state index contributed by atoms with van der Waals surface area (Å²) >= 11 is 6.27. The van der Waals surface area contributed by atoms with Gasteiger partial charge in [0, 0.05) is 5.56 Å². The van der Waals surface area contributed by atoms with E-state index in [0.717, 1.165) is 16.8 Å². The maximum Gasteiger partial charge on any atom is 0.341 e. The summed E-state index contributed by atoms with van der Waals surface area (Å²) in [5, 5.41) is 9.66. The van der Waals surface area contributed by atoms with Crippen molar-refractivity contribution in [3.8, 4) is 5.75 Å². The zero-order chi connectivity index (χ0) is 20.1. The first-order valence-electron chi connectivity index (χ1n) is 8.02. The van der Waals surface area contributed by atoms with E-state index in [0.29, 0.717) is 21.8 Å². The second-order valence-electron chi connectivity index (χ2n) is 5.58. The summed E-state index contributed by atoms with van der Waals surface area (Å²) in [5.74, 6) is -1.52. The number of thioether (sulfide) groups is 1. The highest BCUT2D eigenvalue weighted by atomic mass is 32.2. The summed E-state index contributed by atoms with van der Waals surface area (Å²) in [5.41, 5.74) is 3.63. The fraction of sp³-hybridized carbons (Fsp3) is 0.0526. The third kappa shape index (κ3) is 4.76. The van der Waals surface area contributed by atoms with Gasteiger partial charge in [-0.2, -0.15) is 5.01 Å². The number of hydrogen-bond acceptors (Lipinski definition) is 6. The summed E-state index contributed by atoms with van der Waals surface area (Å²) in [6, 6.07) is 15.1. The molecule has 28 heavy (non-hydrogen) atoms. The van der Waals surface area contributed by atoms with Crippen molar-refractivity contribution < 1.29 is 24.2 Å². The molecule has 7 nitrogen and oxygen atoms in total. The Labute approximate surface area is 170 Å². The van der Waals surface area contributed by atoms with Gasteiger partial charge in [-0.05, 0) is 48.1 Å². The maximum atomic E-state index is 12.6. The number of benzene rings is 2. The van der Waals surface area contributed by atoms with Gasteiger partial charge in [-0.3, -0.25) is 15.0 Å². The molecular formula is C19H14N2O5S2. The highest BCUT2D eigenvalue weighted by Gasteiger charge is 2.33. The van der Waals surface area contributed by atoms with Gasteiger partial charge in [0.15, 0.2) is 10.9 Å². The van der Waals surface area contributed by atoms with Gasteiger partial charge >= 0.3 is 5.97 Å². The molecule has 0 saturated carbocycles. The first kappa shape index (κ1) is 19.6. The van der Waals surface area contributed by atoms with Crippen molar-refractivity contribution in [2.45, 2.75) is 0 Å². The number of hydrogen-bond donors (Lipinski definition) is 2. The molecule has 1 aliphatic heterocycles. The van der Waals surface area contributed by atoms with Crippen LogP contribution in [-0.2, 0) is 9.59 Å². The first-order valence-corrected chi connectivity index (χ1v) is 9.25. The molecule has 0 radical (unpaired) electrons. The zero-order valence-corrected chi connectivity index (χ0v) is 16.0. The lowest BCUT2D eigenvalue weighted by atomic mass is 10.2. The predicted molar refractivity (Wildman–Crippen MR) is 108 cm³/mol. The number of thiocarbonyl (C=S) groups is 1. The molecule has 142 valence electrons. The van der Waals surface area contributed by atoms with Gasteiger partial charge in [0.25, 0.3) is 11.8 Å². The smallest absolute Gasteiger partial charge is 0.341 e. The van der Waals surface area contributed by atoms with Crippen LogP contribution in [0.1, 0.15) is 15.9 Å². The molecule has 2 aromatic rings. The topological polar surface area (TPSA) is 95.9 Å². The van der Waals surface area contributed by atoms with Crippen LogP contribution in [0.5, 0.6) is 5.75 Å². The van der Waals surface area contributed by atoms with Crippen LogP contribution in [0.25, 0.3) is 6.08 Å². The van der Waals surface area contributed by atoms with Crippen LogP contribution >= 0.6 is 24.0 Å². The SMILES string of the molecule is O=C(O)COc1ccc(/C=C2/SC(=S)N(NC(=O)c3ccccc3)C2=O)cc1. The lowest BCUT2D eigenvalue weighted by molar-refractivity contribution is -0.139. The van der Waals surface area contributed by atoms with Crippen molar-refractivity contribution in [1.82, 2.24) is 10.4 Å². The Balaban J connectivity index is 1.68. The fourth-order valence-corrected chi connectivity index (χ4v) is 3.46. The molecular weight excluding hydrogens is 400 g/mol. The number of carboxylic acids is 1. The Morgan fingerprint density at radius 2 is 1.82 bits per heavy atom. The summed E-state index contributed by atoms with van der Waals surface area (Å²) < 4.78 is 5.29. The van der Waals surface area contributed by atoms with Crippen molar-refractivity contribution >= 4 is 52.2 Å². The molecule has 0 atom stereocenters. The second kappa shape index (κ2) is 8.68. The highest BCUT2D eigenvalue weighted by molar-refractivity contribution is 8.26. The van der Waals surface area contributed by atoms with Gasteiger partial charge in [-0.15, -0.1) is 0 Å². The maximum absolute atomic E-state index is 12.6. The number of hydrazine groups is 1. The van der Waals surface area contributed by atoms with Gasteiger partial charge in [0.1, 0.15) is 5.75 Å². The van der Waals surface area contributed by atoms with E-state index >= 15 is 0 Å². The van der Waals surface area contributed by atoms with Gasteiger partial charge in [0.05, 0.1) is 4.91 Å². The zero-order valence-electron chi connectivity index (χ0n) is 14.3. The van der Waals surface area contributed by atoms with Crippen LogP contribution in [0.2, 0.25) is 0 Å². The standard InChI is InChI=1S/C19H14N2O5S2/c22-16(23)11-26-14-8-6-12(7-9-14)10-15-18(25)21(19(27)28-15)20-17(24)13-4-2-1-3-5-13/h1-10H,11H2,(H,20,24)(H,22,23)/b15-10+. The van der Waals surface area contributed by atoms with Gasteiger partial charge in [-0.1, -0.05) is 42.1 Å². The number of amides is 2. The molecule has 2 aromatic carbocycles. The molecule has 0 spiro atoms. The third-order valence-electron chi connectivity index (χ3n) is 3.58. The molecule has 0 aromatic heterocycles. The largest absolute Gasteiger partial charge is 0.482 e. The van der Waals surface area contributed by atoms with Crippen molar-refractivity contribution in [3.63, 3.8) is 0 Å². The van der Waals surface area contributed by atoms with Gasteiger partial charge in [0.2, 0.25) is 0 Å². The van der Waals surface area contributed by atoms with E-state index in [4.69, 9.17) is 22.1 Å². The molecule has 2 N–H and O–H groups in total. The number of nitrogens with one attached hydrogen (secondary N) is 1. The van der Waals surface area contributed by atoms with Crippen molar-refractivity contribution in [1.29, 1.82) is 0 Å². The van der Waals surface area contributed by atoms with Crippen LogP contribution in [0.4, 0.5) is 0 Å². The van der Waals surface area contributed by atoms with E-state index in [9.17, 15) is 14.4 Å². The Morgan fingerprint density at radius 3 is 2.46 bits per heavy atom. The highest BCUT2D eigenvalue weighted by Crippen LogP contribution is 2.31. The molecule has 2 amide bonds. The van der Waals surface area contributed by atoms with Crippen LogP contribution in [-0.4, -0.2) is 38.8 Å². The Bertz CT molecular complexity index is 958. The molecule has 0 aliphatic carbocycles. The number of rotatable bonds is 6. The number of carboxylic acid groups (broad SMARTS) is 1. The molecule has 0 bridgehead atoms. The minimum absolute atomic E-state index is 0.224. The van der Waals surface area contributed by atoms with Crippen molar-refractivity contribution in [3.05, 3.63) is 70.6 Å². The van der Waals surface area contributed by atoms with Crippen LogP contribution in [0.15, 0.2) is 59.5 Å². The molecule has 0 unspecified atom stereocenters. The van der Waals surface area contributed by atoms with Crippen molar-refractivity contribution in [2.75, 3.05) is 6.61 Å². The summed E-state index contributed by atoms with van der Waals surface area (Å²) in [7, 11) is 0. The second-order valence-corrected chi connectivity index (χ2v) is 7.25. The normalized spacial score (nSPS) is 15.0. The predicted octanol–water partition coefficient (Wildman–Crippen LogP) is 2.70. The fourth-order valence-electron chi connectivity index (χ4n) is 2.28. The Hall–Kier alpha value is -3.17. The monoisotopic (exact) mass is 414 g/mol. The summed E-state index contributed by atoms with van der Waals surface area (Å²) in [4.78, 5) is 35.7. The van der Waals surface area contributed by atoms with Crippen LogP contribution in [0.3, 0.4) is 0 Å². The molecule has 1 heterocycles. The Kier molecular flexibility index (Phi) is 6.07.